The van der Waals surface area contributed by atoms with Gasteiger partial charge in [0.05, 0.1) is 0 Å². The van der Waals surface area contributed by atoms with Gasteiger partial charge >= 0.3 is 0 Å². The summed E-state index contributed by atoms with van der Waals surface area (Å²) < 4.78 is 6.24. The Hall–Kier alpha value is -2.06. The fourth-order valence-electron chi connectivity index (χ4n) is 2.34. The predicted molar refractivity (Wildman–Crippen MR) is 90.6 cm³/mol. The van der Waals surface area contributed by atoms with Crippen molar-refractivity contribution in [2.45, 2.75) is 26.4 Å². The zero-order chi connectivity index (χ0) is 15.1. The van der Waals surface area contributed by atoms with Crippen molar-refractivity contribution in [3.63, 3.8) is 0 Å². The van der Waals surface area contributed by atoms with Gasteiger partial charge in [0.2, 0.25) is 0 Å². The van der Waals surface area contributed by atoms with Crippen LogP contribution in [0.15, 0.2) is 66.3 Å². The summed E-state index contributed by atoms with van der Waals surface area (Å²) >= 11 is 0. The Morgan fingerprint density at radius 3 is 2.71 bits per heavy atom. The van der Waals surface area contributed by atoms with Crippen molar-refractivity contribution >= 4 is 10.8 Å². The van der Waals surface area contributed by atoms with Gasteiger partial charge in [-0.1, -0.05) is 54.6 Å². The zero-order valence-corrected chi connectivity index (χ0v) is 12.8. The van der Waals surface area contributed by atoms with Gasteiger partial charge in [0.25, 0.3) is 0 Å². The van der Waals surface area contributed by atoms with Crippen LogP contribution in [0.4, 0.5) is 0 Å². The number of hydrogen-bond donors (Lipinski definition) is 1. The van der Waals surface area contributed by atoms with E-state index in [-0.39, 0.29) is 6.10 Å². The van der Waals surface area contributed by atoms with Crippen molar-refractivity contribution in [1.29, 1.82) is 0 Å². The summed E-state index contributed by atoms with van der Waals surface area (Å²) in [5.74, 6) is 0.916. The molecule has 1 unspecified atom stereocenters. The first-order valence-electron chi connectivity index (χ1n) is 7.40. The Kier molecular flexibility index (Phi) is 5.59. The van der Waals surface area contributed by atoms with Crippen LogP contribution in [-0.2, 0) is 0 Å². The lowest BCUT2D eigenvalue weighted by molar-refractivity contribution is 0.232. The summed E-state index contributed by atoms with van der Waals surface area (Å²) in [7, 11) is 0. The summed E-state index contributed by atoms with van der Waals surface area (Å²) in [5.41, 5.74) is 6.92. The Morgan fingerprint density at radius 1 is 1.19 bits per heavy atom. The fraction of sp³-hybridized carbons (Fsp3) is 0.263. The lowest BCUT2D eigenvalue weighted by Gasteiger charge is -2.20. The second kappa shape index (κ2) is 7.65. The van der Waals surface area contributed by atoms with Crippen molar-refractivity contribution < 1.29 is 4.74 Å². The maximum Gasteiger partial charge on any atom is 0.128 e. The molecule has 0 spiro atoms. The van der Waals surface area contributed by atoms with Crippen LogP contribution in [0.25, 0.3) is 10.8 Å². The molecule has 2 heteroatoms. The predicted octanol–water partition coefficient (Wildman–Crippen LogP) is 4.46. The number of fused-ring (bicyclic) bond motifs is 1. The van der Waals surface area contributed by atoms with E-state index in [9.17, 15) is 0 Å². The number of allylic oxidation sites excluding steroid dienone is 3. The van der Waals surface area contributed by atoms with Crippen LogP contribution in [-0.4, -0.2) is 12.6 Å². The van der Waals surface area contributed by atoms with E-state index in [1.807, 2.05) is 43.3 Å². The molecule has 0 aliphatic carbocycles. The molecule has 0 radical (unpaired) electrons. The fourth-order valence-corrected chi connectivity index (χ4v) is 2.34. The second-order valence-electron chi connectivity index (χ2n) is 5.10. The molecule has 1 atom stereocenters. The van der Waals surface area contributed by atoms with Crippen LogP contribution < -0.4 is 10.5 Å². The number of ether oxygens (including phenoxy) is 1. The number of hydrogen-bond acceptors (Lipinski definition) is 2. The van der Waals surface area contributed by atoms with Gasteiger partial charge in [0, 0.05) is 11.8 Å². The smallest absolute Gasteiger partial charge is 0.128 e. The largest absolute Gasteiger partial charge is 0.485 e. The molecule has 0 aromatic heterocycles. The van der Waals surface area contributed by atoms with Gasteiger partial charge in [-0.2, -0.15) is 0 Å². The first kappa shape index (κ1) is 15.3. The molecule has 0 amide bonds. The molecule has 2 N–H and O–H groups in total. The van der Waals surface area contributed by atoms with E-state index in [1.54, 1.807) is 0 Å². The SMILES string of the molecule is C/C=C\C=C(/C)C(CCN)Oc1cccc2ccccc12. The van der Waals surface area contributed by atoms with Crippen LogP contribution in [0, 0.1) is 0 Å². The van der Waals surface area contributed by atoms with E-state index in [0.29, 0.717) is 6.54 Å². The monoisotopic (exact) mass is 281 g/mol. The van der Waals surface area contributed by atoms with E-state index in [2.05, 4.69) is 31.2 Å². The molecule has 0 bridgehead atoms. The average Bonchev–Trinajstić information content (AvgIpc) is 2.52. The topological polar surface area (TPSA) is 35.2 Å². The Balaban J connectivity index is 2.30. The van der Waals surface area contributed by atoms with Gasteiger partial charge < -0.3 is 10.5 Å². The highest BCUT2D eigenvalue weighted by Gasteiger charge is 2.13. The van der Waals surface area contributed by atoms with E-state index < -0.39 is 0 Å². The summed E-state index contributed by atoms with van der Waals surface area (Å²) in [5, 5.41) is 2.33. The molecule has 2 aromatic carbocycles. The molecule has 2 aromatic rings. The van der Waals surface area contributed by atoms with Gasteiger partial charge in [-0.25, -0.2) is 0 Å². The summed E-state index contributed by atoms with van der Waals surface area (Å²) in [6.07, 6.45) is 6.96. The highest BCUT2D eigenvalue weighted by molar-refractivity contribution is 5.88. The Labute approximate surface area is 126 Å². The Bertz CT molecular complexity index is 638. The molecule has 2 nitrogen and oxygen atoms in total. The van der Waals surface area contributed by atoms with Crippen LogP contribution in [0.2, 0.25) is 0 Å². The van der Waals surface area contributed by atoms with Gasteiger partial charge in [-0.15, -0.1) is 0 Å². The van der Waals surface area contributed by atoms with Gasteiger partial charge in [-0.05, 0) is 37.4 Å². The maximum absolute atomic E-state index is 6.24. The lowest BCUT2D eigenvalue weighted by atomic mass is 10.1. The van der Waals surface area contributed by atoms with E-state index in [1.165, 1.54) is 11.0 Å². The van der Waals surface area contributed by atoms with Crippen molar-refractivity contribution in [1.82, 2.24) is 0 Å². The normalized spacial score (nSPS) is 13.8. The number of nitrogens with two attached hydrogens (primary N) is 1. The average molecular weight is 281 g/mol. The van der Waals surface area contributed by atoms with Crippen molar-refractivity contribution in [3.8, 4) is 5.75 Å². The second-order valence-corrected chi connectivity index (χ2v) is 5.10. The minimum atomic E-state index is 0.0111. The van der Waals surface area contributed by atoms with Gasteiger partial charge in [-0.3, -0.25) is 0 Å². The third kappa shape index (κ3) is 3.96. The van der Waals surface area contributed by atoms with Crippen molar-refractivity contribution in [2.24, 2.45) is 5.73 Å². The first-order valence-corrected chi connectivity index (χ1v) is 7.40. The third-order valence-electron chi connectivity index (χ3n) is 3.51. The molecule has 0 fully saturated rings. The molecule has 0 saturated heterocycles. The molecule has 0 aliphatic rings. The lowest BCUT2D eigenvalue weighted by Crippen LogP contribution is -2.22. The first-order chi connectivity index (χ1) is 10.3. The minimum absolute atomic E-state index is 0.0111. The van der Waals surface area contributed by atoms with Gasteiger partial charge in [0.15, 0.2) is 0 Å². The molecule has 2 rings (SSSR count). The number of rotatable bonds is 6. The number of benzene rings is 2. The minimum Gasteiger partial charge on any atom is -0.485 e. The maximum atomic E-state index is 6.24. The summed E-state index contributed by atoms with van der Waals surface area (Å²) in [4.78, 5) is 0. The van der Waals surface area contributed by atoms with E-state index in [0.717, 1.165) is 17.6 Å². The summed E-state index contributed by atoms with van der Waals surface area (Å²) in [6, 6.07) is 14.4. The Morgan fingerprint density at radius 2 is 1.95 bits per heavy atom. The van der Waals surface area contributed by atoms with Crippen LogP contribution in [0.3, 0.4) is 0 Å². The summed E-state index contributed by atoms with van der Waals surface area (Å²) in [6.45, 7) is 4.70. The molecular weight excluding hydrogens is 258 g/mol. The molecule has 0 heterocycles. The van der Waals surface area contributed by atoms with Crippen LogP contribution in [0.1, 0.15) is 20.3 Å². The quantitative estimate of drug-likeness (QED) is 0.793. The van der Waals surface area contributed by atoms with Crippen molar-refractivity contribution in [3.05, 3.63) is 66.3 Å². The van der Waals surface area contributed by atoms with Gasteiger partial charge in [0.1, 0.15) is 11.9 Å². The molecular formula is C19H23NO. The van der Waals surface area contributed by atoms with Crippen LogP contribution in [0.5, 0.6) is 5.75 Å². The molecule has 110 valence electrons. The van der Waals surface area contributed by atoms with E-state index in [4.69, 9.17) is 10.5 Å². The third-order valence-corrected chi connectivity index (χ3v) is 3.51. The van der Waals surface area contributed by atoms with Crippen LogP contribution >= 0.6 is 0 Å². The zero-order valence-electron chi connectivity index (χ0n) is 12.8. The van der Waals surface area contributed by atoms with Crippen molar-refractivity contribution in [2.75, 3.05) is 6.54 Å². The molecule has 0 aliphatic heterocycles. The highest BCUT2D eigenvalue weighted by Crippen LogP contribution is 2.27. The standard InChI is InChI=1S/C19H23NO/c1-3-4-8-15(2)18(13-14-20)21-19-12-7-10-16-9-5-6-11-17(16)19/h3-12,18H,13-14,20H2,1-2H3/b4-3-,15-8+. The molecule has 21 heavy (non-hydrogen) atoms. The highest BCUT2D eigenvalue weighted by atomic mass is 16.5. The molecule has 0 saturated carbocycles. The van der Waals surface area contributed by atoms with E-state index >= 15 is 0 Å².